The Labute approximate surface area is 166 Å². The third-order valence-corrected chi connectivity index (χ3v) is 4.97. The highest BCUT2D eigenvalue weighted by Gasteiger charge is 2.17. The van der Waals surface area contributed by atoms with E-state index in [1.807, 2.05) is 42.7 Å². The molecule has 0 aliphatic heterocycles. The van der Waals surface area contributed by atoms with Gasteiger partial charge in [-0.15, -0.1) is 10.2 Å². The molecule has 1 heterocycles. The molecule has 0 saturated heterocycles. The van der Waals surface area contributed by atoms with E-state index in [9.17, 15) is 13.6 Å². The molecule has 3 rings (SSSR count). The summed E-state index contributed by atoms with van der Waals surface area (Å²) >= 11 is 1.18. The van der Waals surface area contributed by atoms with Gasteiger partial charge >= 0.3 is 0 Å². The van der Waals surface area contributed by atoms with E-state index in [0.717, 1.165) is 35.5 Å². The largest absolute Gasteiger partial charge is 0.320 e. The number of aryl methyl sites for hydroxylation is 1. The van der Waals surface area contributed by atoms with Crippen LogP contribution in [0.25, 0.3) is 11.4 Å². The maximum absolute atomic E-state index is 13.7. The third-order valence-electron chi connectivity index (χ3n) is 4.00. The van der Waals surface area contributed by atoms with Crippen molar-refractivity contribution in [3.63, 3.8) is 0 Å². The summed E-state index contributed by atoms with van der Waals surface area (Å²) in [4.78, 5) is 12.2. The summed E-state index contributed by atoms with van der Waals surface area (Å²) in [5.41, 5.74) is 1.62. The second-order valence-corrected chi connectivity index (χ2v) is 7.20. The molecular weight excluding hydrogens is 382 g/mol. The van der Waals surface area contributed by atoms with Gasteiger partial charge in [-0.1, -0.05) is 48.5 Å². The van der Waals surface area contributed by atoms with Crippen molar-refractivity contribution in [2.75, 3.05) is 11.1 Å². The zero-order valence-corrected chi connectivity index (χ0v) is 16.4. The van der Waals surface area contributed by atoms with Crippen LogP contribution in [0.1, 0.15) is 18.9 Å². The summed E-state index contributed by atoms with van der Waals surface area (Å²) in [6.45, 7) is 4.75. The summed E-state index contributed by atoms with van der Waals surface area (Å²) in [5, 5.41) is 11.3. The van der Waals surface area contributed by atoms with E-state index in [-0.39, 0.29) is 5.75 Å². The molecule has 146 valence electrons. The standard InChI is InChI=1S/C20H20F2N4OS/c1-3-10-26-19(14-7-4-6-13(2)11-14)24-25-20(26)28-12-17(27)23-18-15(21)8-5-9-16(18)22/h4-9,11H,3,10,12H2,1-2H3,(H,23,27). The van der Waals surface area contributed by atoms with Crippen molar-refractivity contribution in [3.8, 4) is 11.4 Å². The van der Waals surface area contributed by atoms with Crippen LogP contribution in [0.2, 0.25) is 0 Å². The van der Waals surface area contributed by atoms with Crippen molar-refractivity contribution in [1.82, 2.24) is 14.8 Å². The van der Waals surface area contributed by atoms with Gasteiger partial charge in [0.15, 0.2) is 11.0 Å². The number of nitrogens with one attached hydrogen (secondary N) is 1. The first kappa shape index (κ1) is 20.0. The van der Waals surface area contributed by atoms with Crippen LogP contribution in [0.4, 0.5) is 14.5 Å². The molecule has 3 aromatic rings. The third kappa shape index (κ3) is 4.56. The number of halogens is 2. The zero-order valence-electron chi connectivity index (χ0n) is 15.6. The Hall–Kier alpha value is -2.74. The number of nitrogens with zero attached hydrogens (tertiary/aromatic N) is 3. The van der Waals surface area contributed by atoms with E-state index in [0.29, 0.717) is 11.7 Å². The number of anilines is 1. The molecule has 0 unspecified atom stereocenters. The van der Waals surface area contributed by atoms with Crippen molar-refractivity contribution in [2.45, 2.75) is 32.0 Å². The molecule has 0 spiro atoms. The molecule has 0 aliphatic rings. The molecule has 1 N–H and O–H groups in total. The summed E-state index contributed by atoms with van der Waals surface area (Å²) in [6.07, 6.45) is 0.872. The fraction of sp³-hybridized carbons (Fsp3) is 0.250. The number of aromatic nitrogens is 3. The average Bonchev–Trinajstić information content (AvgIpc) is 3.06. The van der Waals surface area contributed by atoms with Crippen LogP contribution in [0.15, 0.2) is 47.6 Å². The minimum Gasteiger partial charge on any atom is -0.320 e. The number of para-hydroxylation sites is 1. The number of amides is 1. The van der Waals surface area contributed by atoms with Crippen LogP contribution >= 0.6 is 11.8 Å². The number of carbonyl (C=O) groups excluding carboxylic acids is 1. The van der Waals surface area contributed by atoms with Gasteiger partial charge in [0.05, 0.1) is 5.75 Å². The number of hydrogen-bond acceptors (Lipinski definition) is 4. The van der Waals surface area contributed by atoms with E-state index in [1.54, 1.807) is 0 Å². The molecule has 2 aromatic carbocycles. The highest BCUT2D eigenvalue weighted by Crippen LogP contribution is 2.25. The average molecular weight is 402 g/mol. The fourth-order valence-corrected chi connectivity index (χ4v) is 3.51. The van der Waals surface area contributed by atoms with Crippen LogP contribution in [0.3, 0.4) is 0 Å². The number of thioether (sulfide) groups is 1. The Kier molecular flexibility index (Phi) is 6.41. The van der Waals surface area contributed by atoms with Crippen LogP contribution < -0.4 is 5.32 Å². The molecule has 8 heteroatoms. The van der Waals surface area contributed by atoms with Gasteiger partial charge in [-0.05, 0) is 31.5 Å². The molecule has 0 radical (unpaired) electrons. The Morgan fingerprint density at radius 1 is 1.14 bits per heavy atom. The number of rotatable bonds is 7. The molecule has 1 aromatic heterocycles. The quantitative estimate of drug-likeness (QED) is 0.584. The summed E-state index contributed by atoms with van der Waals surface area (Å²) in [5.74, 6) is -1.45. The lowest BCUT2D eigenvalue weighted by atomic mass is 10.1. The topological polar surface area (TPSA) is 59.8 Å². The lowest BCUT2D eigenvalue weighted by Gasteiger charge is -2.10. The van der Waals surface area contributed by atoms with Crippen LogP contribution in [0.5, 0.6) is 0 Å². The van der Waals surface area contributed by atoms with Gasteiger partial charge in [-0.2, -0.15) is 0 Å². The molecule has 0 bridgehead atoms. The minimum atomic E-state index is -0.811. The molecule has 0 aliphatic carbocycles. The summed E-state index contributed by atoms with van der Waals surface area (Å²) in [7, 11) is 0. The summed E-state index contributed by atoms with van der Waals surface area (Å²) < 4.78 is 29.3. The highest BCUT2D eigenvalue weighted by molar-refractivity contribution is 7.99. The molecule has 5 nitrogen and oxygen atoms in total. The van der Waals surface area contributed by atoms with Gasteiger partial charge in [-0.25, -0.2) is 8.78 Å². The van der Waals surface area contributed by atoms with Crippen LogP contribution in [-0.2, 0) is 11.3 Å². The Balaban J connectivity index is 1.74. The van der Waals surface area contributed by atoms with Gasteiger partial charge in [0.25, 0.3) is 0 Å². The second kappa shape index (κ2) is 8.97. The fourth-order valence-electron chi connectivity index (χ4n) is 2.74. The van der Waals surface area contributed by atoms with Gasteiger partial charge in [0, 0.05) is 12.1 Å². The van der Waals surface area contributed by atoms with Crippen molar-refractivity contribution < 1.29 is 13.6 Å². The SMILES string of the molecule is CCCn1c(SCC(=O)Nc2c(F)cccc2F)nnc1-c1cccc(C)c1. The molecule has 1 amide bonds. The second-order valence-electron chi connectivity index (χ2n) is 6.26. The zero-order chi connectivity index (χ0) is 20.1. The van der Waals surface area contributed by atoms with Gasteiger partial charge in [-0.3, -0.25) is 4.79 Å². The first-order valence-electron chi connectivity index (χ1n) is 8.86. The molecule has 0 atom stereocenters. The predicted octanol–water partition coefficient (Wildman–Crippen LogP) is 4.67. The van der Waals surface area contributed by atoms with Gasteiger partial charge < -0.3 is 9.88 Å². The van der Waals surface area contributed by atoms with E-state index in [4.69, 9.17) is 0 Å². The van der Waals surface area contributed by atoms with Crippen molar-refractivity contribution in [2.24, 2.45) is 0 Å². The van der Waals surface area contributed by atoms with Crippen LogP contribution in [-0.4, -0.2) is 26.4 Å². The molecular formula is C20H20F2N4OS. The van der Waals surface area contributed by atoms with E-state index in [2.05, 4.69) is 15.5 Å². The smallest absolute Gasteiger partial charge is 0.235 e. The van der Waals surface area contributed by atoms with E-state index in [1.165, 1.54) is 17.8 Å². The van der Waals surface area contributed by atoms with Gasteiger partial charge in [0.1, 0.15) is 17.3 Å². The Bertz CT molecular complexity index is 970. The highest BCUT2D eigenvalue weighted by atomic mass is 32.2. The normalized spacial score (nSPS) is 10.9. The Morgan fingerprint density at radius 3 is 2.54 bits per heavy atom. The number of hydrogen-bond donors (Lipinski definition) is 1. The van der Waals surface area contributed by atoms with Crippen molar-refractivity contribution in [1.29, 1.82) is 0 Å². The first-order valence-corrected chi connectivity index (χ1v) is 9.85. The van der Waals surface area contributed by atoms with Gasteiger partial charge in [0.2, 0.25) is 5.91 Å². The lowest BCUT2D eigenvalue weighted by Crippen LogP contribution is -2.16. The summed E-state index contributed by atoms with van der Waals surface area (Å²) in [6, 6.07) is 11.4. The Morgan fingerprint density at radius 2 is 1.86 bits per heavy atom. The molecule has 0 fully saturated rings. The minimum absolute atomic E-state index is 0.0383. The van der Waals surface area contributed by atoms with E-state index < -0.39 is 23.2 Å². The molecule has 0 saturated carbocycles. The number of carbonyl (C=O) groups is 1. The predicted molar refractivity (Wildman–Crippen MR) is 106 cm³/mol. The lowest BCUT2D eigenvalue weighted by molar-refractivity contribution is -0.113. The van der Waals surface area contributed by atoms with Crippen molar-refractivity contribution in [3.05, 3.63) is 59.7 Å². The van der Waals surface area contributed by atoms with Crippen molar-refractivity contribution >= 4 is 23.4 Å². The van der Waals surface area contributed by atoms with Crippen LogP contribution in [0, 0.1) is 18.6 Å². The maximum Gasteiger partial charge on any atom is 0.235 e. The van der Waals surface area contributed by atoms with E-state index >= 15 is 0 Å². The maximum atomic E-state index is 13.7. The molecule has 28 heavy (non-hydrogen) atoms. The first-order chi connectivity index (χ1) is 13.5. The number of benzene rings is 2. The monoisotopic (exact) mass is 402 g/mol.